The Morgan fingerprint density at radius 1 is 1.24 bits per heavy atom. The number of carbonyl (C=O) groups excluding carboxylic acids is 1. The number of hydrogen-bond donors (Lipinski definition) is 2. The molecule has 3 aromatic rings. The highest BCUT2D eigenvalue weighted by atomic mass is 19.1. The quantitative estimate of drug-likeness (QED) is 0.545. The van der Waals surface area contributed by atoms with Crippen LogP contribution in [-0.4, -0.2) is 42.0 Å². The van der Waals surface area contributed by atoms with Crippen LogP contribution in [0.5, 0.6) is 5.75 Å². The lowest BCUT2D eigenvalue weighted by Crippen LogP contribution is -2.37. The molecule has 4 rings (SSSR count). The number of methoxy groups -OCH3 is 1. The fourth-order valence-electron chi connectivity index (χ4n) is 4.64. The summed E-state index contributed by atoms with van der Waals surface area (Å²) >= 11 is 0. The van der Waals surface area contributed by atoms with Crippen molar-refractivity contribution in [2.45, 2.75) is 45.6 Å². The van der Waals surface area contributed by atoms with Crippen LogP contribution in [0.1, 0.15) is 54.1 Å². The summed E-state index contributed by atoms with van der Waals surface area (Å²) in [4.78, 5) is 19.1. The minimum Gasteiger partial charge on any atom is -0.496 e. The molecule has 0 aliphatic carbocycles. The van der Waals surface area contributed by atoms with E-state index in [4.69, 9.17) is 10.5 Å². The highest BCUT2D eigenvalue weighted by Crippen LogP contribution is 2.40. The highest BCUT2D eigenvalue weighted by Gasteiger charge is 2.26. The third-order valence-corrected chi connectivity index (χ3v) is 6.57. The van der Waals surface area contributed by atoms with Gasteiger partial charge in [-0.3, -0.25) is 9.78 Å². The van der Waals surface area contributed by atoms with Crippen molar-refractivity contribution in [3.05, 3.63) is 59.0 Å². The third-order valence-electron chi connectivity index (χ3n) is 6.57. The van der Waals surface area contributed by atoms with E-state index >= 15 is 0 Å². The number of anilines is 2. The Morgan fingerprint density at radius 3 is 2.58 bits per heavy atom. The van der Waals surface area contributed by atoms with Gasteiger partial charge in [0.2, 0.25) is 0 Å². The number of halogens is 1. The Hall–Kier alpha value is -3.19. The molecule has 7 heteroatoms. The SMILES string of the molecule is COc1cc2ncc(C(N)=O)c(Nc3ccc(C)cc3F)c2cc1C1CCN(C(C)C)CC1. The summed E-state index contributed by atoms with van der Waals surface area (Å²) in [6.45, 7) is 8.30. The monoisotopic (exact) mass is 450 g/mol. The van der Waals surface area contributed by atoms with Crippen molar-refractivity contribution in [1.29, 1.82) is 0 Å². The van der Waals surface area contributed by atoms with Crippen LogP contribution in [0.3, 0.4) is 0 Å². The second kappa shape index (κ2) is 9.35. The fourth-order valence-corrected chi connectivity index (χ4v) is 4.64. The average Bonchev–Trinajstić information content (AvgIpc) is 2.79. The van der Waals surface area contributed by atoms with Crippen LogP contribution in [0.15, 0.2) is 36.5 Å². The zero-order valence-electron chi connectivity index (χ0n) is 19.6. The first-order valence-corrected chi connectivity index (χ1v) is 11.4. The van der Waals surface area contributed by atoms with Crippen LogP contribution < -0.4 is 15.8 Å². The Labute approximate surface area is 193 Å². The number of benzene rings is 2. The molecular weight excluding hydrogens is 419 g/mol. The average molecular weight is 451 g/mol. The molecule has 0 unspecified atom stereocenters. The van der Waals surface area contributed by atoms with E-state index in [0.29, 0.717) is 28.6 Å². The molecule has 3 N–H and O–H groups in total. The predicted molar refractivity (Wildman–Crippen MR) is 130 cm³/mol. The van der Waals surface area contributed by atoms with E-state index in [2.05, 4.69) is 29.0 Å². The van der Waals surface area contributed by atoms with E-state index in [1.807, 2.05) is 25.1 Å². The summed E-state index contributed by atoms with van der Waals surface area (Å²) in [6.07, 6.45) is 3.45. The molecule has 6 nitrogen and oxygen atoms in total. The fraction of sp³-hybridized carbons (Fsp3) is 0.385. The van der Waals surface area contributed by atoms with Gasteiger partial charge in [-0.15, -0.1) is 0 Å². The van der Waals surface area contributed by atoms with Crippen molar-refractivity contribution < 1.29 is 13.9 Å². The number of aromatic nitrogens is 1. The number of pyridine rings is 1. The van der Waals surface area contributed by atoms with Crippen LogP contribution >= 0.6 is 0 Å². The number of aryl methyl sites for hydroxylation is 1. The standard InChI is InChI=1S/C26H31FN4O2/c1-15(2)31-9-7-17(8-10-31)18-12-19-23(13-24(18)33-4)29-14-20(26(28)32)25(19)30-22-6-5-16(3)11-21(22)27/h5-6,11-15,17H,7-10H2,1-4H3,(H2,28,32)(H,29,30). The van der Waals surface area contributed by atoms with Gasteiger partial charge in [0, 0.05) is 23.7 Å². The number of piperidine rings is 1. The Balaban J connectivity index is 1.82. The zero-order chi connectivity index (χ0) is 23.7. The first kappa shape index (κ1) is 23.0. The molecule has 1 fully saturated rings. The van der Waals surface area contributed by atoms with Gasteiger partial charge in [0.25, 0.3) is 5.91 Å². The maximum Gasteiger partial charge on any atom is 0.252 e. The molecule has 174 valence electrons. The summed E-state index contributed by atoms with van der Waals surface area (Å²) in [6, 6.07) is 9.36. The molecule has 0 atom stereocenters. The summed E-state index contributed by atoms with van der Waals surface area (Å²) in [7, 11) is 1.66. The van der Waals surface area contributed by atoms with Crippen LogP contribution in [0.25, 0.3) is 10.9 Å². The van der Waals surface area contributed by atoms with E-state index in [-0.39, 0.29) is 11.3 Å². The molecule has 1 aliphatic heterocycles. The van der Waals surface area contributed by atoms with Crippen LogP contribution in [0, 0.1) is 12.7 Å². The minimum atomic E-state index is -0.623. The topological polar surface area (TPSA) is 80.5 Å². The Kier molecular flexibility index (Phi) is 6.51. The largest absolute Gasteiger partial charge is 0.496 e. The lowest BCUT2D eigenvalue weighted by Gasteiger charge is -2.35. The molecule has 1 aliphatic rings. The number of nitrogens with two attached hydrogens (primary N) is 1. The van der Waals surface area contributed by atoms with Crippen molar-refractivity contribution in [2.75, 3.05) is 25.5 Å². The molecule has 2 heterocycles. The van der Waals surface area contributed by atoms with Crippen LogP contribution in [0.4, 0.5) is 15.8 Å². The Morgan fingerprint density at radius 2 is 1.97 bits per heavy atom. The summed E-state index contributed by atoms with van der Waals surface area (Å²) < 4.78 is 20.4. The number of fused-ring (bicyclic) bond motifs is 1. The maximum atomic E-state index is 14.6. The van der Waals surface area contributed by atoms with Gasteiger partial charge in [0.1, 0.15) is 11.6 Å². The van der Waals surface area contributed by atoms with E-state index < -0.39 is 11.7 Å². The van der Waals surface area contributed by atoms with Gasteiger partial charge in [-0.2, -0.15) is 0 Å². The Bertz CT molecular complexity index is 1190. The van der Waals surface area contributed by atoms with Crippen molar-refractivity contribution in [3.63, 3.8) is 0 Å². The summed E-state index contributed by atoms with van der Waals surface area (Å²) in [5.41, 5.74) is 9.14. The highest BCUT2D eigenvalue weighted by molar-refractivity contribution is 6.07. The number of nitrogens with zero attached hydrogens (tertiary/aromatic N) is 2. The van der Waals surface area contributed by atoms with Gasteiger partial charge in [0.05, 0.1) is 29.6 Å². The number of nitrogens with one attached hydrogen (secondary N) is 1. The van der Waals surface area contributed by atoms with Crippen molar-refractivity contribution in [3.8, 4) is 5.75 Å². The van der Waals surface area contributed by atoms with Gasteiger partial charge in [-0.25, -0.2) is 4.39 Å². The number of ether oxygens (including phenoxy) is 1. The maximum absolute atomic E-state index is 14.6. The molecule has 0 radical (unpaired) electrons. The van der Waals surface area contributed by atoms with E-state index in [9.17, 15) is 9.18 Å². The first-order valence-electron chi connectivity index (χ1n) is 11.4. The van der Waals surface area contributed by atoms with Gasteiger partial charge in [-0.1, -0.05) is 6.07 Å². The van der Waals surface area contributed by atoms with Gasteiger partial charge in [0.15, 0.2) is 0 Å². The number of rotatable bonds is 6. The summed E-state index contributed by atoms with van der Waals surface area (Å²) in [5, 5.41) is 3.83. The molecule has 1 aromatic heterocycles. The van der Waals surface area contributed by atoms with E-state index in [1.165, 1.54) is 12.3 Å². The number of hydrogen-bond acceptors (Lipinski definition) is 5. The smallest absolute Gasteiger partial charge is 0.252 e. The molecule has 0 saturated carbocycles. The zero-order valence-corrected chi connectivity index (χ0v) is 19.6. The van der Waals surface area contributed by atoms with Crippen LogP contribution in [-0.2, 0) is 0 Å². The molecule has 33 heavy (non-hydrogen) atoms. The molecule has 1 amide bonds. The second-order valence-corrected chi connectivity index (χ2v) is 9.03. The van der Waals surface area contributed by atoms with Crippen molar-refractivity contribution >= 4 is 28.2 Å². The predicted octanol–water partition coefficient (Wildman–Crippen LogP) is 5.12. The number of amides is 1. The lowest BCUT2D eigenvalue weighted by atomic mass is 9.87. The van der Waals surface area contributed by atoms with Crippen molar-refractivity contribution in [2.24, 2.45) is 5.73 Å². The molecule has 0 spiro atoms. The van der Waals surface area contributed by atoms with Gasteiger partial charge in [-0.05, 0) is 81.9 Å². The van der Waals surface area contributed by atoms with Gasteiger partial charge >= 0.3 is 0 Å². The van der Waals surface area contributed by atoms with Gasteiger partial charge < -0.3 is 20.7 Å². The second-order valence-electron chi connectivity index (χ2n) is 9.03. The third kappa shape index (κ3) is 4.64. The number of primary amides is 1. The minimum absolute atomic E-state index is 0.216. The molecule has 2 aromatic carbocycles. The molecule has 1 saturated heterocycles. The number of carbonyl (C=O) groups is 1. The molecular formula is C26H31FN4O2. The van der Waals surface area contributed by atoms with Crippen LogP contribution in [0.2, 0.25) is 0 Å². The first-order chi connectivity index (χ1) is 15.8. The van der Waals surface area contributed by atoms with E-state index in [1.54, 1.807) is 13.2 Å². The van der Waals surface area contributed by atoms with E-state index in [0.717, 1.165) is 42.8 Å². The number of likely N-dealkylation sites (tertiary alicyclic amines) is 1. The normalized spacial score (nSPS) is 15.2. The summed E-state index contributed by atoms with van der Waals surface area (Å²) in [5.74, 6) is 0.0741. The van der Waals surface area contributed by atoms with Crippen molar-refractivity contribution in [1.82, 2.24) is 9.88 Å². The molecule has 0 bridgehead atoms. The lowest BCUT2D eigenvalue weighted by molar-refractivity contribution is 0.100.